The van der Waals surface area contributed by atoms with Crippen LogP contribution in [0.1, 0.15) is 27.2 Å². The molecule has 2 rings (SSSR count). The van der Waals surface area contributed by atoms with Crippen molar-refractivity contribution in [3.63, 3.8) is 0 Å². The summed E-state index contributed by atoms with van der Waals surface area (Å²) in [6.07, 6.45) is 0.543. The van der Waals surface area contributed by atoms with Crippen LogP contribution in [0.4, 0.5) is 5.69 Å². The summed E-state index contributed by atoms with van der Waals surface area (Å²) >= 11 is 0. The van der Waals surface area contributed by atoms with Crippen LogP contribution in [0, 0.1) is 16.7 Å². The van der Waals surface area contributed by atoms with E-state index in [0.717, 1.165) is 5.69 Å². The molecule has 0 radical (unpaired) electrons. The molecule has 1 heterocycles. The number of carbonyl (C=O) groups is 2. The van der Waals surface area contributed by atoms with Gasteiger partial charge in [-0.15, -0.1) is 0 Å². The zero-order chi connectivity index (χ0) is 15.6. The molecule has 0 bridgehead atoms. The van der Waals surface area contributed by atoms with Crippen LogP contribution in [0.2, 0.25) is 0 Å². The van der Waals surface area contributed by atoms with Crippen molar-refractivity contribution in [1.82, 2.24) is 5.32 Å². The van der Waals surface area contributed by atoms with E-state index in [1.54, 1.807) is 18.7 Å². The molecule has 1 fully saturated rings. The Balaban J connectivity index is 2.14. The lowest BCUT2D eigenvalue weighted by Gasteiger charge is -2.22. The van der Waals surface area contributed by atoms with E-state index in [4.69, 9.17) is 5.26 Å². The number of rotatable bonds is 3. The average Bonchev–Trinajstić information content (AvgIpc) is 2.74. The molecule has 0 spiro atoms. The average molecular weight is 285 g/mol. The second-order valence-corrected chi connectivity index (χ2v) is 5.89. The van der Waals surface area contributed by atoms with Gasteiger partial charge in [-0.05, 0) is 39.3 Å². The van der Waals surface area contributed by atoms with E-state index in [-0.39, 0.29) is 11.9 Å². The van der Waals surface area contributed by atoms with E-state index in [2.05, 4.69) is 5.32 Å². The first-order valence-electron chi connectivity index (χ1n) is 6.97. The summed E-state index contributed by atoms with van der Waals surface area (Å²) in [6.45, 7) is 5.03. The predicted octanol–water partition coefficient (Wildman–Crippen LogP) is 1.85. The number of carbonyl (C=O) groups excluding carboxylic acids is 2. The number of nitriles is 1. The van der Waals surface area contributed by atoms with Gasteiger partial charge in [0.1, 0.15) is 11.5 Å². The van der Waals surface area contributed by atoms with Crippen molar-refractivity contribution in [2.24, 2.45) is 5.41 Å². The number of benzene rings is 1. The minimum Gasteiger partial charge on any atom is -0.343 e. The van der Waals surface area contributed by atoms with Gasteiger partial charge in [-0.2, -0.15) is 5.26 Å². The van der Waals surface area contributed by atoms with Crippen molar-refractivity contribution < 1.29 is 9.59 Å². The standard InChI is InChI=1S/C16H19N3O2/c1-11-9-13(18-15(21)16(2,3)10-17)14(20)19(11)12-7-5-4-6-8-12/h4-8,11,13H,9H2,1-3H3,(H,18,21)/t11-,13-/m1/s1. The van der Waals surface area contributed by atoms with E-state index in [9.17, 15) is 9.59 Å². The smallest absolute Gasteiger partial charge is 0.249 e. The van der Waals surface area contributed by atoms with Gasteiger partial charge in [0.2, 0.25) is 11.8 Å². The monoisotopic (exact) mass is 285 g/mol. The minimum absolute atomic E-state index is 0.00963. The highest BCUT2D eigenvalue weighted by molar-refractivity contribution is 6.02. The lowest BCUT2D eigenvalue weighted by Crippen LogP contribution is -2.46. The fraction of sp³-hybridized carbons (Fsp3) is 0.438. The highest BCUT2D eigenvalue weighted by atomic mass is 16.2. The SMILES string of the molecule is C[C@@H]1C[C@@H](NC(=O)C(C)(C)C#N)C(=O)N1c1ccccc1. The third kappa shape index (κ3) is 2.89. The van der Waals surface area contributed by atoms with E-state index in [1.165, 1.54) is 0 Å². The lowest BCUT2D eigenvalue weighted by atomic mass is 9.94. The van der Waals surface area contributed by atoms with Crippen LogP contribution in [-0.4, -0.2) is 23.9 Å². The maximum atomic E-state index is 12.5. The number of para-hydroxylation sites is 1. The topological polar surface area (TPSA) is 73.2 Å². The molecule has 0 aliphatic carbocycles. The largest absolute Gasteiger partial charge is 0.343 e. The molecule has 5 heteroatoms. The van der Waals surface area contributed by atoms with Crippen LogP contribution >= 0.6 is 0 Å². The molecule has 1 aliphatic rings. The maximum Gasteiger partial charge on any atom is 0.249 e. The molecule has 21 heavy (non-hydrogen) atoms. The summed E-state index contributed by atoms with van der Waals surface area (Å²) < 4.78 is 0. The van der Waals surface area contributed by atoms with Crippen LogP contribution in [0.5, 0.6) is 0 Å². The molecular weight excluding hydrogens is 266 g/mol. The van der Waals surface area contributed by atoms with Crippen molar-refractivity contribution in [3.05, 3.63) is 30.3 Å². The van der Waals surface area contributed by atoms with Gasteiger partial charge in [-0.25, -0.2) is 0 Å². The predicted molar refractivity (Wildman–Crippen MR) is 79.3 cm³/mol. The van der Waals surface area contributed by atoms with Crippen LogP contribution < -0.4 is 10.2 Å². The van der Waals surface area contributed by atoms with Gasteiger partial charge in [-0.3, -0.25) is 9.59 Å². The summed E-state index contributed by atoms with van der Waals surface area (Å²) in [6, 6.07) is 10.8. The third-order valence-corrected chi connectivity index (χ3v) is 3.74. The number of hydrogen-bond acceptors (Lipinski definition) is 3. The summed E-state index contributed by atoms with van der Waals surface area (Å²) in [5.74, 6) is -0.541. The Kier molecular flexibility index (Phi) is 3.99. The van der Waals surface area contributed by atoms with E-state index in [1.807, 2.05) is 43.3 Å². The van der Waals surface area contributed by atoms with Crippen molar-refractivity contribution in [3.8, 4) is 6.07 Å². The Bertz CT molecular complexity index is 589. The molecule has 110 valence electrons. The fourth-order valence-corrected chi connectivity index (χ4v) is 2.41. The van der Waals surface area contributed by atoms with E-state index < -0.39 is 17.4 Å². The maximum absolute atomic E-state index is 12.5. The van der Waals surface area contributed by atoms with Gasteiger partial charge in [0, 0.05) is 11.7 Å². The molecule has 0 aromatic heterocycles. The Labute approximate surface area is 124 Å². The number of nitrogens with zero attached hydrogens (tertiary/aromatic N) is 2. The molecule has 1 aliphatic heterocycles. The molecule has 1 N–H and O–H groups in total. The van der Waals surface area contributed by atoms with Gasteiger partial charge in [-0.1, -0.05) is 18.2 Å². The zero-order valence-corrected chi connectivity index (χ0v) is 12.5. The van der Waals surface area contributed by atoms with Gasteiger partial charge in [0.05, 0.1) is 6.07 Å². The number of hydrogen-bond donors (Lipinski definition) is 1. The molecule has 1 aromatic rings. The van der Waals surface area contributed by atoms with Crippen LogP contribution in [0.3, 0.4) is 0 Å². The van der Waals surface area contributed by atoms with E-state index >= 15 is 0 Å². The van der Waals surface area contributed by atoms with Crippen molar-refractivity contribution in [2.45, 2.75) is 39.3 Å². The number of amides is 2. The lowest BCUT2D eigenvalue weighted by molar-refractivity contribution is -0.130. The molecule has 1 saturated heterocycles. The summed E-state index contributed by atoms with van der Waals surface area (Å²) in [5.41, 5.74) is -0.310. The normalized spacial score (nSPS) is 22.0. The second-order valence-electron chi connectivity index (χ2n) is 5.89. The van der Waals surface area contributed by atoms with Crippen LogP contribution in [-0.2, 0) is 9.59 Å². The van der Waals surface area contributed by atoms with Gasteiger partial charge < -0.3 is 10.2 Å². The minimum atomic E-state index is -1.14. The van der Waals surface area contributed by atoms with Crippen LogP contribution in [0.25, 0.3) is 0 Å². The first kappa shape index (κ1) is 15.0. The summed E-state index contributed by atoms with van der Waals surface area (Å²) in [4.78, 5) is 26.2. The first-order valence-corrected chi connectivity index (χ1v) is 6.97. The summed E-state index contributed by atoms with van der Waals surface area (Å²) in [7, 11) is 0. The Hall–Kier alpha value is -2.35. The highest BCUT2D eigenvalue weighted by Crippen LogP contribution is 2.27. The molecule has 0 unspecified atom stereocenters. The molecular formula is C16H19N3O2. The molecule has 5 nitrogen and oxygen atoms in total. The van der Waals surface area contributed by atoms with Gasteiger partial charge in [0.25, 0.3) is 0 Å². The highest BCUT2D eigenvalue weighted by Gasteiger charge is 2.40. The fourth-order valence-electron chi connectivity index (χ4n) is 2.41. The Morgan fingerprint density at radius 3 is 2.57 bits per heavy atom. The number of anilines is 1. The van der Waals surface area contributed by atoms with Crippen molar-refractivity contribution in [1.29, 1.82) is 5.26 Å². The van der Waals surface area contributed by atoms with Gasteiger partial charge >= 0.3 is 0 Å². The quantitative estimate of drug-likeness (QED) is 0.921. The van der Waals surface area contributed by atoms with Gasteiger partial charge in [0.15, 0.2) is 0 Å². The van der Waals surface area contributed by atoms with E-state index in [0.29, 0.717) is 6.42 Å². The first-order chi connectivity index (χ1) is 9.86. The molecule has 2 amide bonds. The molecule has 1 aromatic carbocycles. The Morgan fingerprint density at radius 2 is 2.00 bits per heavy atom. The summed E-state index contributed by atoms with van der Waals surface area (Å²) in [5, 5.41) is 11.7. The van der Waals surface area contributed by atoms with Crippen molar-refractivity contribution in [2.75, 3.05) is 4.90 Å². The van der Waals surface area contributed by atoms with Crippen molar-refractivity contribution >= 4 is 17.5 Å². The third-order valence-electron chi connectivity index (χ3n) is 3.74. The second kappa shape index (κ2) is 5.57. The zero-order valence-electron chi connectivity index (χ0n) is 12.5. The molecule has 2 atom stereocenters. The number of nitrogens with one attached hydrogen (secondary N) is 1. The van der Waals surface area contributed by atoms with Crippen LogP contribution in [0.15, 0.2) is 30.3 Å². The molecule has 0 saturated carbocycles. The Morgan fingerprint density at radius 1 is 1.38 bits per heavy atom.